The van der Waals surface area contributed by atoms with Crippen LogP contribution in [0.2, 0.25) is 0 Å². The van der Waals surface area contributed by atoms with Gasteiger partial charge >= 0.3 is 5.97 Å². The summed E-state index contributed by atoms with van der Waals surface area (Å²) in [4.78, 5) is 25.6. The minimum absolute atomic E-state index is 0.0355. The van der Waals surface area contributed by atoms with Crippen LogP contribution in [0, 0.1) is 0 Å². The Hall–Kier alpha value is -1.10. The van der Waals surface area contributed by atoms with Gasteiger partial charge in [0.25, 0.3) is 0 Å². The lowest BCUT2D eigenvalue weighted by molar-refractivity contribution is -0.145. The number of ether oxygens (including phenoxy) is 1. The molecule has 0 radical (unpaired) electrons. The average Bonchev–Trinajstić information content (AvgIpc) is 3.11. The third-order valence-corrected chi connectivity index (χ3v) is 3.59. The molecule has 0 spiro atoms. The molecule has 2 fully saturated rings. The van der Waals surface area contributed by atoms with Crippen LogP contribution in [-0.2, 0) is 14.3 Å². The van der Waals surface area contributed by atoms with Gasteiger partial charge in [0.1, 0.15) is 6.04 Å². The average molecular weight is 240 g/mol. The highest BCUT2D eigenvalue weighted by molar-refractivity contribution is 5.86. The molecule has 17 heavy (non-hydrogen) atoms. The van der Waals surface area contributed by atoms with Crippen molar-refractivity contribution in [2.24, 2.45) is 0 Å². The lowest BCUT2D eigenvalue weighted by atomic mass is 10.1. The Bertz CT molecular complexity index is 315. The normalized spacial score (nSPS) is 30.6. The fourth-order valence-corrected chi connectivity index (χ4v) is 2.54. The van der Waals surface area contributed by atoms with E-state index in [0.29, 0.717) is 18.6 Å². The molecule has 5 heteroatoms. The maximum atomic E-state index is 12.0. The van der Waals surface area contributed by atoms with Crippen LogP contribution >= 0.6 is 0 Å². The van der Waals surface area contributed by atoms with Crippen LogP contribution in [0.4, 0.5) is 0 Å². The van der Waals surface area contributed by atoms with Gasteiger partial charge in [0, 0.05) is 18.6 Å². The van der Waals surface area contributed by atoms with Crippen LogP contribution in [0.1, 0.15) is 32.6 Å². The largest absolute Gasteiger partial charge is 0.469 e. The lowest BCUT2D eigenvalue weighted by Crippen LogP contribution is -2.49. The Labute approximate surface area is 101 Å². The lowest BCUT2D eigenvalue weighted by Gasteiger charge is -2.32. The molecule has 1 heterocycles. The van der Waals surface area contributed by atoms with E-state index in [-0.39, 0.29) is 24.3 Å². The molecule has 0 bridgehead atoms. The van der Waals surface area contributed by atoms with Crippen molar-refractivity contribution in [2.75, 3.05) is 13.7 Å². The molecule has 0 aromatic carbocycles. The van der Waals surface area contributed by atoms with E-state index in [1.807, 2.05) is 0 Å². The van der Waals surface area contributed by atoms with Crippen molar-refractivity contribution in [3.8, 4) is 0 Å². The van der Waals surface area contributed by atoms with Gasteiger partial charge in [0.2, 0.25) is 5.91 Å². The summed E-state index contributed by atoms with van der Waals surface area (Å²) in [6.45, 7) is 2.82. The van der Waals surface area contributed by atoms with E-state index in [1.54, 1.807) is 0 Å². The van der Waals surface area contributed by atoms with Crippen LogP contribution in [0.25, 0.3) is 0 Å². The summed E-state index contributed by atoms with van der Waals surface area (Å²) in [5.41, 5.74) is 0. The van der Waals surface area contributed by atoms with Crippen molar-refractivity contribution in [3.05, 3.63) is 0 Å². The van der Waals surface area contributed by atoms with E-state index in [2.05, 4.69) is 21.9 Å². The predicted octanol–water partition coefficient (Wildman–Crippen LogP) is 0.291. The van der Waals surface area contributed by atoms with Gasteiger partial charge in [-0.3, -0.25) is 14.5 Å². The van der Waals surface area contributed by atoms with E-state index in [9.17, 15) is 9.59 Å². The molecule has 96 valence electrons. The van der Waals surface area contributed by atoms with Gasteiger partial charge in [-0.2, -0.15) is 0 Å². The smallest absolute Gasteiger partial charge is 0.307 e. The van der Waals surface area contributed by atoms with Crippen LogP contribution in [-0.4, -0.2) is 48.6 Å². The number of hydrogen-bond acceptors (Lipinski definition) is 4. The first-order chi connectivity index (χ1) is 8.13. The van der Waals surface area contributed by atoms with Crippen LogP contribution in [0.5, 0.6) is 0 Å². The highest BCUT2D eigenvalue weighted by atomic mass is 16.5. The highest BCUT2D eigenvalue weighted by Crippen LogP contribution is 2.33. The number of nitrogens with one attached hydrogen (secondary N) is 1. The molecule has 1 aliphatic heterocycles. The van der Waals surface area contributed by atoms with Gasteiger partial charge in [0.15, 0.2) is 0 Å². The van der Waals surface area contributed by atoms with Gasteiger partial charge in [-0.25, -0.2) is 0 Å². The molecule has 1 saturated carbocycles. The molecule has 1 saturated heterocycles. The second-order valence-corrected chi connectivity index (χ2v) is 4.90. The van der Waals surface area contributed by atoms with E-state index in [0.717, 1.165) is 19.3 Å². The first-order valence-corrected chi connectivity index (χ1v) is 6.25. The van der Waals surface area contributed by atoms with Crippen molar-refractivity contribution in [1.82, 2.24) is 10.2 Å². The highest BCUT2D eigenvalue weighted by Gasteiger charge is 2.42. The molecular weight excluding hydrogens is 220 g/mol. The quantitative estimate of drug-likeness (QED) is 0.720. The molecule has 1 amide bonds. The topological polar surface area (TPSA) is 58.6 Å². The fraction of sp³-hybridized carbons (Fsp3) is 0.833. The summed E-state index contributed by atoms with van der Waals surface area (Å²) in [6, 6.07) is 0.465. The first kappa shape index (κ1) is 12.4. The number of esters is 1. The first-order valence-electron chi connectivity index (χ1n) is 6.25. The number of amides is 1. The van der Waals surface area contributed by atoms with Crippen molar-refractivity contribution < 1.29 is 14.3 Å². The maximum Gasteiger partial charge on any atom is 0.307 e. The third kappa shape index (κ3) is 2.77. The summed E-state index contributed by atoms with van der Waals surface area (Å²) < 4.78 is 4.68. The number of methoxy groups -OCH3 is 1. The standard InChI is InChI=1S/C12H20N2O3/c1-8-5-6-13-12(16)10(7-11(15)17-2)14(8)9-3-4-9/h8-10H,3-7H2,1-2H3,(H,13,16). The molecular formula is C12H20N2O3. The minimum atomic E-state index is -0.354. The van der Waals surface area contributed by atoms with Crippen molar-refractivity contribution in [2.45, 2.75) is 50.7 Å². The second-order valence-electron chi connectivity index (χ2n) is 4.90. The molecule has 2 aliphatic rings. The molecule has 2 rings (SSSR count). The van der Waals surface area contributed by atoms with Crippen molar-refractivity contribution in [3.63, 3.8) is 0 Å². The van der Waals surface area contributed by atoms with E-state index in [4.69, 9.17) is 0 Å². The molecule has 5 nitrogen and oxygen atoms in total. The third-order valence-electron chi connectivity index (χ3n) is 3.59. The monoisotopic (exact) mass is 240 g/mol. The van der Waals surface area contributed by atoms with E-state index >= 15 is 0 Å². The Morgan fingerprint density at radius 3 is 2.76 bits per heavy atom. The number of rotatable bonds is 3. The Morgan fingerprint density at radius 1 is 1.47 bits per heavy atom. The zero-order chi connectivity index (χ0) is 12.4. The minimum Gasteiger partial charge on any atom is -0.469 e. The Balaban J connectivity index is 2.13. The van der Waals surface area contributed by atoms with Crippen molar-refractivity contribution >= 4 is 11.9 Å². The van der Waals surface area contributed by atoms with Crippen molar-refractivity contribution in [1.29, 1.82) is 0 Å². The summed E-state index contributed by atoms with van der Waals surface area (Å²) in [6.07, 6.45) is 3.37. The number of carbonyl (C=O) groups excluding carboxylic acids is 2. The van der Waals surface area contributed by atoms with Gasteiger partial charge in [-0.1, -0.05) is 0 Å². The van der Waals surface area contributed by atoms with Crippen LogP contribution in [0.15, 0.2) is 0 Å². The maximum absolute atomic E-state index is 12.0. The summed E-state index contributed by atoms with van der Waals surface area (Å²) in [5, 5.41) is 2.88. The van der Waals surface area contributed by atoms with E-state index < -0.39 is 0 Å². The van der Waals surface area contributed by atoms with Gasteiger partial charge < -0.3 is 10.1 Å². The Morgan fingerprint density at radius 2 is 2.18 bits per heavy atom. The second kappa shape index (κ2) is 5.04. The Kier molecular flexibility index (Phi) is 3.66. The van der Waals surface area contributed by atoms with Crippen LogP contribution in [0.3, 0.4) is 0 Å². The van der Waals surface area contributed by atoms with Gasteiger partial charge in [0.05, 0.1) is 13.5 Å². The van der Waals surface area contributed by atoms with Gasteiger partial charge in [-0.05, 0) is 26.2 Å². The fourth-order valence-electron chi connectivity index (χ4n) is 2.54. The number of carbonyl (C=O) groups is 2. The van der Waals surface area contributed by atoms with Gasteiger partial charge in [-0.15, -0.1) is 0 Å². The molecule has 0 aromatic heterocycles. The molecule has 1 aliphatic carbocycles. The zero-order valence-electron chi connectivity index (χ0n) is 10.4. The summed E-state index contributed by atoms with van der Waals surface area (Å²) >= 11 is 0. The number of nitrogens with zero attached hydrogens (tertiary/aromatic N) is 1. The zero-order valence-corrected chi connectivity index (χ0v) is 10.4. The summed E-state index contributed by atoms with van der Waals surface area (Å²) in [5.74, 6) is -0.350. The van der Waals surface area contributed by atoms with E-state index in [1.165, 1.54) is 7.11 Å². The van der Waals surface area contributed by atoms with Crippen LogP contribution < -0.4 is 5.32 Å². The molecule has 0 aromatic rings. The molecule has 2 unspecified atom stereocenters. The SMILES string of the molecule is COC(=O)CC1C(=O)NCCC(C)N1C1CC1. The summed E-state index contributed by atoms with van der Waals surface area (Å²) in [7, 11) is 1.36. The molecule has 2 atom stereocenters. The predicted molar refractivity (Wildman–Crippen MR) is 62.4 cm³/mol. The number of hydrogen-bond donors (Lipinski definition) is 1. The molecule has 1 N–H and O–H groups in total.